The Kier molecular flexibility index (Phi) is 5.31. The van der Waals surface area contributed by atoms with E-state index in [0.717, 1.165) is 0 Å². The zero-order valence-corrected chi connectivity index (χ0v) is 14.3. The topological polar surface area (TPSA) is 98.3 Å². The van der Waals surface area contributed by atoms with Gasteiger partial charge < -0.3 is 4.74 Å². The van der Waals surface area contributed by atoms with E-state index in [-0.39, 0.29) is 16.2 Å². The number of hydrogen-bond donors (Lipinski definition) is 1. The number of nitrogens with one attached hydrogen (secondary N) is 1. The molecule has 0 aliphatic carbocycles. The number of nitro groups is 1. The molecule has 0 aliphatic heterocycles. The van der Waals surface area contributed by atoms with Crippen molar-refractivity contribution in [3.8, 4) is 17.1 Å². The Morgan fingerprint density at radius 2 is 2.04 bits per heavy atom. The number of nitrogens with zero attached hydrogens (tertiary/aromatic N) is 4. The quantitative estimate of drug-likeness (QED) is 0.296. The van der Waals surface area contributed by atoms with E-state index in [2.05, 4.69) is 20.0 Å². The average molecular weight is 391 g/mol. The van der Waals surface area contributed by atoms with Gasteiger partial charge in [-0.1, -0.05) is 12.1 Å². The molecule has 0 fully saturated rings. The van der Waals surface area contributed by atoms with Crippen LogP contribution in [0.1, 0.15) is 5.56 Å². The lowest BCUT2D eigenvalue weighted by atomic mass is 10.2. The summed E-state index contributed by atoms with van der Waals surface area (Å²) in [6.45, 7) is -2.91. The first-order valence-corrected chi connectivity index (χ1v) is 7.86. The van der Waals surface area contributed by atoms with Crippen LogP contribution in [0.25, 0.3) is 11.4 Å². The Balaban J connectivity index is 1.90. The Hall–Kier alpha value is -3.47. The van der Waals surface area contributed by atoms with E-state index in [1.807, 2.05) is 0 Å². The molecule has 0 atom stereocenters. The van der Waals surface area contributed by atoms with Crippen LogP contribution in [0.3, 0.4) is 0 Å². The van der Waals surface area contributed by atoms with Gasteiger partial charge in [-0.05, 0) is 36.5 Å². The largest absolute Gasteiger partial charge is 0.435 e. The summed E-state index contributed by atoms with van der Waals surface area (Å²) in [7, 11) is 0. The fourth-order valence-corrected chi connectivity index (χ4v) is 2.39. The van der Waals surface area contributed by atoms with Gasteiger partial charge in [0.25, 0.3) is 5.69 Å². The second-order valence-corrected chi connectivity index (χ2v) is 5.55. The summed E-state index contributed by atoms with van der Waals surface area (Å²) in [4.78, 5) is 10.3. The van der Waals surface area contributed by atoms with Crippen molar-refractivity contribution in [2.45, 2.75) is 6.61 Å². The number of benzene rings is 2. The molecule has 1 heterocycles. The third kappa shape index (κ3) is 4.39. The standard InChI is InChI=1S/C16H11F2N5O3S/c17-15(18)26-13-6-4-11(5-7-13)14-20-21-16(27)22(14)19-9-10-2-1-3-12(8-10)23(24)25/h1-9,15H,(H,21,27). The zero-order valence-electron chi connectivity index (χ0n) is 13.5. The second-order valence-electron chi connectivity index (χ2n) is 5.16. The molecule has 3 rings (SSSR count). The average Bonchev–Trinajstić information content (AvgIpc) is 3.01. The molecule has 0 amide bonds. The number of ether oxygens (including phenoxy) is 1. The number of non-ortho nitro benzene ring substituents is 1. The van der Waals surface area contributed by atoms with Crippen molar-refractivity contribution < 1.29 is 18.4 Å². The molecule has 8 nitrogen and oxygen atoms in total. The van der Waals surface area contributed by atoms with E-state index in [9.17, 15) is 18.9 Å². The van der Waals surface area contributed by atoms with Gasteiger partial charge >= 0.3 is 6.61 Å². The molecule has 0 radical (unpaired) electrons. The first-order chi connectivity index (χ1) is 12.9. The van der Waals surface area contributed by atoms with E-state index in [4.69, 9.17) is 12.2 Å². The minimum absolute atomic E-state index is 0.00882. The molecule has 138 valence electrons. The summed E-state index contributed by atoms with van der Waals surface area (Å²) < 4.78 is 30.3. The molecule has 0 spiro atoms. The molecule has 1 aromatic heterocycles. The molecule has 3 aromatic rings. The van der Waals surface area contributed by atoms with Gasteiger partial charge in [-0.2, -0.15) is 23.7 Å². The third-order valence-corrected chi connectivity index (χ3v) is 3.66. The van der Waals surface area contributed by atoms with Gasteiger partial charge in [-0.3, -0.25) is 10.1 Å². The van der Waals surface area contributed by atoms with Crippen molar-refractivity contribution >= 4 is 24.1 Å². The minimum atomic E-state index is -2.91. The summed E-state index contributed by atoms with van der Waals surface area (Å²) in [5.74, 6) is 0.347. The number of halogens is 2. The highest BCUT2D eigenvalue weighted by Gasteiger charge is 2.10. The molecule has 0 aliphatic rings. The van der Waals surface area contributed by atoms with Crippen LogP contribution in [0, 0.1) is 14.9 Å². The summed E-state index contributed by atoms with van der Waals surface area (Å²) in [6, 6.07) is 11.7. The van der Waals surface area contributed by atoms with Crippen molar-refractivity contribution in [1.29, 1.82) is 0 Å². The van der Waals surface area contributed by atoms with Crippen molar-refractivity contribution in [3.63, 3.8) is 0 Å². The predicted octanol–water partition coefficient (Wildman–Crippen LogP) is 4.00. The maximum absolute atomic E-state index is 12.2. The van der Waals surface area contributed by atoms with Crippen LogP contribution in [0.2, 0.25) is 0 Å². The number of aromatic nitrogens is 3. The zero-order chi connectivity index (χ0) is 19.4. The molecule has 27 heavy (non-hydrogen) atoms. The number of H-pyrrole nitrogens is 1. The van der Waals surface area contributed by atoms with Crippen molar-refractivity contribution in [3.05, 3.63) is 69.0 Å². The van der Waals surface area contributed by atoms with Gasteiger partial charge in [0.2, 0.25) is 4.77 Å². The van der Waals surface area contributed by atoms with Crippen molar-refractivity contribution in [2.24, 2.45) is 5.10 Å². The van der Waals surface area contributed by atoms with Crippen LogP contribution in [-0.4, -0.2) is 32.6 Å². The Morgan fingerprint density at radius 3 is 2.70 bits per heavy atom. The first kappa shape index (κ1) is 18.3. The number of rotatable bonds is 6. The molecular weight excluding hydrogens is 380 g/mol. The third-order valence-electron chi connectivity index (χ3n) is 3.39. The molecule has 0 bridgehead atoms. The number of nitro benzene ring substituents is 1. The van der Waals surface area contributed by atoms with Gasteiger partial charge in [-0.25, -0.2) is 5.10 Å². The Morgan fingerprint density at radius 1 is 1.30 bits per heavy atom. The molecule has 11 heteroatoms. The van der Waals surface area contributed by atoms with Crippen LogP contribution in [0.4, 0.5) is 14.5 Å². The van der Waals surface area contributed by atoms with Gasteiger partial charge in [0.15, 0.2) is 5.82 Å². The van der Waals surface area contributed by atoms with E-state index < -0.39 is 11.5 Å². The summed E-state index contributed by atoms with van der Waals surface area (Å²) in [5.41, 5.74) is 0.990. The fourth-order valence-electron chi connectivity index (χ4n) is 2.21. The molecule has 0 unspecified atom stereocenters. The van der Waals surface area contributed by atoms with Crippen LogP contribution in [-0.2, 0) is 0 Å². The molecule has 0 saturated heterocycles. The molecule has 1 N–H and O–H groups in total. The second kappa shape index (κ2) is 7.83. The number of hydrogen-bond acceptors (Lipinski definition) is 6. The normalized spacial score (nSPS) is 11.2. The van der Waals surface area contributed by atoms with Crippen molar-refractivity contribution in [1.82, 2.24) is 14.9 Å². The lowest BCUT2D eigenvalue weighted by Crippen LogP contribution is -2.01. The van der Waals surface area contributed by atoms with Crippen LogP contribution in [0.15, 0.2) is 53.6 Å². The van der Waals surface area contributed by atoms with Gasteiger partial charge in [0, 0.05) is 23.3 Å². The molecule has 2 aromatic carbocycles. The van der Waals surface area contributed by atoms with Gasteiger partial charge in [0.1, 0.15) is 5.75 Å². The highest BCUT2D eigenvalue weighted by Crippen LogP contribution is 2.22. The molecular formula is C16H11F2N5O3S. The van der Waals surface area contributed by atoms with E-state index in [0.29, 0.717) is 17.0 Å². The van der Waals surface area contributed by atoms with E-state index in [1.54, 1.807) is 6.07 Å². The Labute approximate surface area is 155 Å². The lowest BCUT2D eigenvalue weighted by Gasteiger charge is -2.05. The summed E-state index contributed by atoms with van der Waals surface area (Å²) >= 11 is 5.14. The first-order valence-electron chi connectivity index (χ1n) is 7.45. The predicted molar refractivity (Wildman–Crippen MR) is 95.6 cm³/mol. The number of alkyl halides is 2. The fraction of sp³-hybridized carbons (Fsp3) is 0.0625. The van der Waals surface area contributed by atoms with Crippen LogP contribution in [0.5, 0.6) is 5.75 Å². The minimum Gasteiger partial charge on any atom is -0.435 e. The summed E-state index contributed by atoms with van der Waals surface area (Å²) in [5, 5.41) is 21.7. The van der Waals surface area contributed by atoms with Crippen molar-refractivity contribution in [2.75, 3.05) is 0 Å². The van der Waals surface area contributed by atoms with Crippen LogP contribution < -0.4 is 4.74 Å². The van der Waals surface area contributed by atoms with E-state index >= 15 is 0 Å². The maximum Gasteiger partial charge on any atom is 0.387 e. The highest BCUT2D eigenvalue weighted by molar-refractivity contribution is 7.71. The number of aromatic amines is 1. The van der Waals surface area contributed by atoms with Crippen LogP contribution >= 0.6 is 12.2 Å². The SMILES string of the molecule is O=[N+]([O-])c1cccc(C=Nn2c(-c3ccc(OC(F)F)cc3)n[nH]c2=S)c1. The van der Waals surface area contributed by atoms with Gasteiger partial charge in [0.05, 0.1) is 11.1 Å². The maximum atomic E-state index is 12.2. The van der Waals surface area contributed by atoms with E-state index in [1.165, 1.54) is 53.4 Å². The Bertz CT molecular complexity index is 1050. The smallest absolute Gasteiger partial charge is 0.387 e. The summed E-state index contributed by atoms with van der Waals surface area (Å²) in [6.07, 6.45) is 1.40. The van der Waals surface area contributed by atoms with Gasteiger partial charge in [-0.15, -0.1) is 0 Å². The highest BCUT2D eigenvalue weighted by atomic mass is 32.1. The lowest BCUT2D eigenvalue weighted by molar-refractivity contribution is -0.384. The molecule has 0 saturated carbocycles. The monoisotopic (exact) mass is 391 g/mol.